The molecule has 0 aliphatic rings. The number of rotatable bonds is 5. The van der Waals surface area contributed by atoms with Gasteiger partial charge in [0, 0.05) is 24.5 Å². The molecular formula is C14H18N4O3. The lowest BCUT2D eigenvalue weighted by atomic mass is 10.2. The quantitative estimate of drug-likeness (QED) is 0.720. The van der Waals surface area contributed by atoms with Crippen LogP contribution in [0.25, 0.3) is 0 Å². The van der Waals surface area contributed by atoms with Crippen LogP contribution in [0.1, 0.15) is 21.7 Å². The SMILES string of the molecule is Cc1n[nH]c(C)c1C(=O)NCC(O)Cn1ccccc1=O. The Bertz CT molecular complexity index is 670. The van der Waals surface area contributed by atoms with E-state index in [1.807, 2.05) is 0 Å². The summed E-state index contributed by atoms with van der Waals surface area (Å²) < 4.78 is 1.39. The lowest BCUT2D eigenvalue weighted by Crippen LogP contribution is -2.36. The molecule has 7 nitrogen and oxygen atoms in total. The molecule has 2 aromatic rings. The van der Waals surface area contributed by atoms with Crippen LogP contribution in [0.15, 0.2) is 29.2 Å². The first-order chi connectivity index (χ1) is 9.99. The Morgan fingerprint density at radius 1 is 1.48 bits per heavy atom. The number of nitrogens with one attached hydrogen (secondary N) is 2. The van der Waals surface area contributed by atoms with Gasteiger partial charge in [0.1, 0.15) is 0 Å². The van der Waals surface area contributed by atoms with E-state index in [1.165, 1.54) is 10.6 Å². The van der Waals surface area contributed by atoms with Crippen molar-refractivity contribution in [2.24, 2.45) is 0 Å². The fourth-order valence-corrected chi connectivity index (χ4v) is 2.09. The molecular weight excluding hydrogens is 272 g/mol. The summed E-state index contributed by atoms with van der Waals surface area (Å²) in [4.78, 5) is 23.5. The molecule has 2 heterocycles. The summed E-state index contributed by atoms with van der Waals surface area (Å²) >= 11 is 0. The first-order valence-corrected chi connectivity index (χ1v) is 6.62. The number of carbonyl (C=O) groups is 1. The summed E-state index contributed by atoms with van der Waals surface area (Å²) in [5.41, 5.74) is 1.58. The molecule has 0 spiro atoms. The van der Waals surface area contributed by atoms with Crippen molar-refractivity contribution in [3.63, 3.8) is 0 Å². The van der Waals surface area contributed by atoms with E-state index in [0.29, 0.717) is 17.0 Å². The number of carbonyl (C=O) groups excluding carboxylic acids is 1. The van der Waals surface area contributed by atoms with Crippen LogP contribution in [0.2, 0.25) is 0 Å². The predicted molar refractivity (Wildman–Crippen MR) is 77.1 cm³/mol. The van der Waals surface area contributed by atoms with Crippen LogP contribution < -0.4 is 10.9 Å². The van der Waals surface area contributed by atoms with Crippen molar-refractivity contribution in [1.82, 2.24) is 20.1 Å². The molecule has 0 fully saturated rings. The summed E-state index contributed by atoms with van der Waals surface area (Å²) in [7, 11) is 0. The molecule has 1 amide bonds. The summed E-state index contributed by atoms with van der Waals surface area (Å²) in [6.45, 7) is 3.68. The monoisotopic (exact) mass is 290 g/mol. The number of aromatic nitrogens is 3. The maximum atomic E-state index is 12.0. The van der Waals surface area contributed by atoms with Crippen LogP contribution >= 0.6 is 0 Å². The van der Waals surface area contributed by atoms with Gasteiger partial charge in [0.15, 0.2) is 0 Å². The normalized spacial score (nSPS) is 12.1. The average Bonchev–Trinajstić information content (AvgIpc) is 2.78. The van der Waals surface area contributed by atoms with E-state index in [1.54, 1.807) is 32.2 Å². The van der Waals surface area contributed by atoms with Gasteiger partial charge in [0.05, 0.1) is 23.9 Å². The fourth-order valence-electron chi connectivity index (χ4n) is 2.09. The topological polar surface area (TPSA) is 100 Å². The number of aliphatic hydroxyl groups is 1. The Labute approximate surface area is 121 Å². The molecule has 1 atom stereocenters. The van der Waals surface area contributed by atoms with Gasteiger partial charge < -0.3 is 15.0 Å². The van der Waals surface area contributed by atoms with E-state index in [-0.39, 0.29) is 24.6 Å². The van der Waals surface area contributed by atoms with Crippen LogP contribution in [0.5, 0.6) is 0 Å². The van der Waals surface area contributed by atoms with E-state index >= 15 is 0 Å². The zero-order valence-electron chi connectivity index (χ0n) is 12.0. The highest BCUT2D eigenvalue weighted by atomic mass is 16.3. The number of hydrogen-bond acceptors (Lipinski definition) is 4. The molecule has 0 aliphatic carbocycles. The highest BCUT2D eigenvalue weighted by Crippen LogP contribution is 2.08. The molecule has 0 radical (unpaired) electrons. The zero-order valence-corrected chi connectivity index (χ0v) is 12.0. The fraction of sp³-hybridized carbons (Fsp3) is 0.357. The summed E-state index contributed by atoms with van der Waals surface area (Å²) in [6.07, 6.45) is 0.749. The number of aliphatic hydroxyl groups excluding tert-OH is 1. The van der Waals surface area contributed by atoms with Gasteiger partial charge in [-0.2, -0.15) is 5.10 Å². The highest BCUT2D eigenvalue weighted by molar-refractivity contribution is 5.96. The Balaban J connectivity index is 1.93. The number of pyridine rings is 1. The molecule has 0 aromatic carbocycles. The third-order valence-corrected chi connectivity index (χ3v) is 3.16. The average molecular weight is 290 g/mol. The lowest BCUT2D eigenvalue weighted by Gasteiger charge is -2.13. The Morgan fingerprint density at radius 3 is 2.86 bits per heavy atom. The van der Waals surface area contributed by atoms with Gasteiger partial charge in [-0.15, -0.1) is 0 Å². The number of aromatic amines is 1. The third-order valence-electron chi connectivity index (χ3n) is 3.16. The molecule has 2 rings (SSSR count). The number of H-pyrrole nitrogens is 1. The number of aryl methyl sites for hydroxylation is 2. The second-order valence-corrected chi connectivity index (χ2v) is 4.86. The van der Waals surface area contributed by atoms with E-state index in [2.05, 4.69) is 15.5 Å². The number of amides is 1. The predicted octanol–water partition coefficient (Wildman–Crippen LogP) is -0.0209. The van der Waals surface area contributed by atoms with Crippen molar-refractivity contribution in [3.05, 3.63) is 51.7 Å². The summed E-state index contributed by atoms with van der Waals surface area (Å²) in [5.74, 6) is -0.293. The molecule has 0 aliphatic heterocycles. The second kappa shape index (κ2) is 6.36. The number of hydrogen-bond donors (Lipinski definition) is 3. The first kappa shape index (κ1) is 15.0. The summed E-state index contributed by atoms with van der Waals surface area (Å²) in [5, 5.41) is 19.2. The minimum atomic E-state index is -0.846. The zero-order chi connectivity index (χ0) is 15.4. The minimum Gasteiger partial charge on any atom is -0.389 e. The van der Waals surface area contributed by atoms with Gasteiger partial charge in [0.2, 0.25) is 0 Å². The van der Waals surface area contributed by atoms with Gasteiger partial charge in [-0.05, 0) is 19.9 Å². The van der Waals surface area contributed by atoms with Gasteiger partial charge in [0.25, 0.3) is 11.5 Å². The van der Waals surface area contributed by atoms with Crippen LogP contribution in [0.3, 0.4) is 0 Å². The molecule has 0 bridgehead atoms. The molecule has 3 N–H and O–H groups in total. The number of nitrogens with zero attached hydrogens (tertiary/aromatic N) is 2. The van der Waals surface area contributed by atoms with Crippen molar-refractivity contribution in [2.75, 3.05) is 6.54 Å². The maximum Gasteiger partial charge on any atom is 0.255 e. The van der Waals surface area contributed by atoms with Crippen molar-refractivity contribution >= 4 is 5.91 Å². The minimum absolute atomic E-state index is 0.0597. The van der Waals surface area contributed by atoms with Crippen LogP contribution in [-0.2, 0) is 6.54 Å². The van der Waals surface area contributed by atoms with E-state index in [9.17, 15) is 14.7 Å². The van der Waals surface area contributed by atoms with Crippen molar-refractivity contribution in [2.45, 2.75) is 26.5 Å². The van der Waals surface area contributed by atoms with Gasteiger partial charge in [-0.25, -0.2) is 0 Å². The maximum absolute atomic E-state index is 12.0. The lowest BCUT2D eigenvalue weighted by molar-refractivity contribution is 0.0902. The smallest absolute Gasteiger partial charge is 0.255 e. The Morgan fingerprint density at radius 2 is 2.24 bits per heavy atom. The van der Waals surface area contributed by atoms with E-state index in [0.717, 1.165) is 0 Å². The third kappa shape index (κ3) is 3.57. The Kier molecular flexibility index (Phi) is 4.54. The molecule has 112 valence electrons. The molecule has 0 saturated heterocycles. The van der Waals surface area contributed by atoms with Gasteiger partial charge >= 0.3 is 0 Å². The van der Waals surface area contributed by atoms with E-state index in [4.69, 9.17) is 0 Å². The molecule has 21 heavy (non-hydrogen) atoms. The largest absolute Gasteiger partial charge is 0.389 e. The molecule has 1 unspecified atom stereocenters. The van der Waals surface area contributed by atoms with Gasteiger partial charge in [-0.1, -0.05) is 6.07 Å². The highest BCUT2D eigenvalue weighted by Gasteiger charge is 2.16. The van der Waals surface area contributed by atoms with Crippen molar-refractivity contribution in [1.29, 1.82) is 0 Å². The van der Waals surface area contributed by atoms with E-state index < -0.39 is 6.10 Å². The molecule has 2 aromatic heterocycles. The van der Waals surface area contributed by atoms with Crippen molar-refractivity contribution < 1.29 is 9.90 Å². The molecule has 0 saturated carbocycles. The molecule has 7 heteroatoms. The standard InChI is InChI=1S/C14H18N4O3/c1-9-13(10(2)17-16-9)14(21)15-7-11(19)8-18-6-4-3-5-12(18)20/h3-6,11,19H,7-8H2,1-2H3,(H,15,21)(H,16,17). The first-order valence-electron chi connectivity index (χ1n) is 6.62. The van der Waals surface area contributed by atoms with Crippen molar-refractivity contribution in [3.8, 4) is 0 Å². The second-order valence-electron chi connectivity index (χ2n) is 4.86. The Hall–Kier alpha value is -2.41. The van der Waals surface area contributed by atoms with Gasteiger partial charge in [-0.3, -0.25) is 14.7 Å². The van der Waals surface area contributed by atoms with Crippen LogP contribution in [0.4, 0.5) is 0 Å². The van der Waals surface area contributed by atoms with Crippen LogP contribution in [0, 0.1) is 13.8 Å². The summed E-state index contributed by atoms with van der Waals surface area (Å²) in [6, 6.07) is 4.77. The van der Waals surface area contributed by atoms with Crippen LogP contribution in [-0.4, -0.2) is 38.4 Å².